The number of amides is 1. The quantitative estimate of drug-likeness (QED) is 0.301. The number of rotatable bonds is 6. The Kier molecular flexibility index (Phi) is 6.10. The zero-order valence-electron chi connectivity index (χ0n) is 20.1. The summed E-state index contributed by atoms with van der Waals surface area (Å²) < 4.78 is 55.8. The van der Waals surface area contributed by atoms with E-state index in [1.54, 1.807) is 42.5 Å². The van der Waals surface area contributed by atoms with Crippen LogP contribution in [0.4, 0.5) is 18.9 Å². The summed E-state index contributed by atoms with van der Waals surface area (Å²) in [6.07, 6.45) is -4.58. The molecule has 1 unspecified atom stereocenters. The lowest BCUT2D eigenvalue weighted by Gasteiger charge is -2.27. The van der Waals surface area contributed by atoms with E-state index in [-0.39, 0.29) is 17.0 Å². The Morgan fingerprint density at radius 3 is 2.34 bits per heavy atom. The number of para-hydroxylation sites is 1. The zero-order valence-corrected chi connectivity index (χ0v) is 20.1. The molecule has 2 heterocycles. The molecule has 7 nitrogen and oxygen atoms in total. The first-order chi connectivity index (χ1) is 18.1. The van der Waals surface area contributed by atoms with Crippen LogP contribution >= 0.6 is 0 Å². The van der Waals surface area contributed by atoms with E-state index < -0.39 is 35.2 Å². The van der Waals surface area contributed by atoms with Crippen LogP contribution in [0.15, 0.2) is 88.5 Å². The number of fused-ring (bicyclic) bond motifs is 1. The van der Waals surface area contributed by atoms with Crippen molar-refractivity contribution in [3.63, 3.8) is 0 Å². The van der Waals surface area contributed by atoms with Crippen LogP contribution < -0.4 is 14.4 Å². The normalized spacial score (nSPS) is 15.9. The lowest BCUT2D eigenvalue weighted by atomic mass is 9.94. The first kappa shape index (κ1) is 24.9. The highest BCUT2D eigenvalue weighted by atomic mass is 19.4. The van der Waals surface area contributed by atoms with Crippen molar-refractivity contribution in [3.05, 3.63) is 101 Å². The van der Waals surface area contributed by atoms with Gasteiger partial charge in [0.05, 0.1) is 31.4 Å². The van der Waals surface area contributed by atoms with Crippen molar-refractivity contribution in [1.82, 2.24) is 0 Å². The SMILES string of the molecule is COc1cccc(C2C(C(=O)c3cc4cccc(OC)c4o3)=C(O)C(=O)N2c2ccc(C(F)(F)F)cc2)c1. The monoisotopic (exact) mass is 523 g/mol. The Morgan fingerprint density at radius 1 is 0.974 bits per heavy atom. The van der Waals surface area contributed by atoms with Gasteiger partial charge in [-0.3, -0.25) is 14.5 Å². The number of aliphatic hydroxyl groups is 1. The number of hydrogen-bond donors (Lipinski definition) is 1. The van der Waals surface area contributed by atoms with E-state index in [0.717, 1.165) is 29.2 Å². The van der Waals surface area contributed by atoms with E-state index in [2.05, 4.69) is 0 Å². The number of anilines is 1. The Bertz CT molecular complexity index is 1590. The van der Waals surface area contributed by atoms with Gasteiger partial charge in [-0.15, -0.1) is 0 Å². The molecular weight excluding hydrogens is 503 g/mol. The summed E-state index contributed by atoms with van der Waals surface area (Å²) in [7, 11) is 2.89. The summed E-state index contributed by atoms with van der Waals surface area (Å²) >= 11 is 0. The third kappa shape index (κ3) is 4.13. The molecule has 5 rings (SSSR count). The summed E-state index contributed by atoms with van der Waals surface area (Å²) in [6, 6.07) is 15.7. The topological polar surface area (TPSA) is 89.2 Å². The van der Waals surface area contributed by atoms with Crippen molar-refractivity contribution in [1.29, 1.82) is 0 Å². The van der Waals surface area contributed by atoms with Crippen LogP contribution in [0.5, 0.6) is 11.5 Å². The number of benzene rings is 3. The number of hydrogen-bond acceptors (Lipinski definition) is 6. The average Bonchev–Trinajstić information content (AvgIpc) is 3.47. The molecule has 0 saturated heterocycles. The fraction of sp³-hybridized carbons (Fsp3) is 0.143. The van der Waals surface area contributed by atoms with Crippen molar-refractivity contribution >= 4 is 28.3 Å². The van der Waals surface area contributed by atoms with E-state index in [1.807, 2.05) is 0 Å². The smallest absolute Gasteiger partial charge is 0.416 e. The summed E-state index contributed by atoms with van der Waals surface area (Å²) in [5.41, 5.74) is -0.452. The van der Waals surface area contributed by atoms with Crippen LogP contribution in [0.3, 0.4) is 0 Å². The van der Waals surface area contributed by atoms with Gasteiger partial charge in [0.15, 0.2) is 22.9 Å². The molecule has 0 spiro atoms. The molecule has 10 heteroatoms. The Labute approximate surface area is 214 Å². The summed E-state index contributed by atoms with van der Waals surface area (Å²) in [5, 5.41) is 11.5. The molecular formula is C28H20F3NO6. The van der Waals surface area contributed by atoms with Crippen LogP contribution in [0.2, 0.25) is 0 Å². The molecule has 1 amide bonds. The van der Waals surface area contributed by atoms with Crippen LogP contribution in [0, 0.1) is 0 Å². The lowest BCUT2D eigenvalue weighted by molar-refractivity contribution is -0.137. The molecule has 0 radical (unpaired) electrons. The van der Waals surface area contributed by atoms with Crippen LogP contribution in [-0.4, -0.2) is 31.0 Å². The molecule has 0 fully saturated rings. The van der Waals surface area contributed by atoms with Gasteiger partial charge in [-0.05, 0) is 54.1 Å². The van der Waals surface area contributed by atoms with Crippen LogP contribution in [0.1, 0.15) is 27.7 Å². The third-order valence-electron chi connectivity index (χ3n) is 6.29. The highest BCUT2D eigenvalue weighted by Gasteiger charge is 2.45. The Hall–Kier alpha value is -4.73. The van der Waals surface area contributed by atoms with Crippen molar-refractivity contribution in [3.8, 4) is 11.5 Å². The number of halogens is 3. The fourth-order valence-corrected chi connectivity index (χ4v) is 4.48. The second-order valence-electron chi connectivity index (χ2n) is 8.48. The molecule has 0 bridgehead atoms. The molecule has 0 aliphatic carbocycles. The predicted octanol–water partition coefficient (Wildman–Crippen LogP) is 6.25. The number of ether oxygens (including phenoxy) is 2. The molecule has 38 heavy (non-hydrogen) atoms. The number of ketones is 1. The maximum atomic E-state index is 13.8. The molecule has 1 aliphatic rings. The minimum atomic E-state index is -4.58. The van der Waals surface area contributed by atoms with Gasteiger partial charge >= 0.3 is 6.18 Å². The van der Waals surface area contributed by atoms with Crippen molar-refractivity contribution in [2.75, 3.05) is 19.1 Å². The second-order valence-corrected chi connectivity index (χ2v) is 8.48. The molecule has 3 aromatic carbocycles. The fourth-order valence-electron chi connectivity index (χ4n) is 4.48. The highest BCUT2D eigenvalue weighted by Crippen LogP contribution is 2.44. The first-order valence-corrected chi connectivity index (χ1v) is 11.3. The predicted molar refractivity (Wildman–Crippen MR) is 131 cm³/mol. The number of carbonyl (C=O) groups is 2. The summed E-state index contributed by atoms with van der Waals surface area (Å²) in [4.78, 5) is 28.1. The summed E-state index contributed by atoms with van der Waals surface area (Å²) in [6.45, 7) is 0. The number of aliphatic hydroxyl groups excluding tert-OH is 1. The minimum Gasteiger partial charge on any atom is -0.503 e. The molecule has 0 saturated carbocycles. The van der Waals surface area contributed by atoms with Gasteiger partial charge in [-0.1, -0.05) is 24.3 Å². The van der Waals surface area contributed by atoms with Gasteiger partial charge in [-0.2, -0.15) is 13.2 Å². The van der Waals surface area contributed by atoms with E-state index >= 15 is 0 Å². The number of alkyl halides is 3. The number of carbonyl (C=O) groups excluding carboxylic acids is 2. The second kappa shape index (κ2) is 9.29. The third-order valence-corrected chi connectivity index (χ3v) is 6.29. The maximum Gasteiger partial charge on any atom is 0.416 e. The Morgan fingerprint density at radius 2 is 1.68 bits per heavy atom. The van der Waals surface area contributed by atoms with Gasteiger partial charge in [-0.25, -0.2) is 0 Å². The van der Waals surface area contributed by atoms with E-state index in [4.69, 9.17) is 13.9 Å². The van der Waals surface area contributed by atoms with Gasteiger partial charge in [0, 0.05) is 11.1 Å². The number of furan rings is 1. The molecule has 1 aromatic heterocycles. The standard InChI is InChI=1S/C28H20F3NO6/c1-36-19-7-3-5-15(13-19)23-22(24(33)21-14-16-6-4-8-20(37-2)26(16)38-21)25(34)27(35)32(23)18-11-9-17(10-12-18)28(29,30)31/h3-14,23,34H,1-2H3. The molecule has 1 atom stereocenters. The van der Waals surface area contributed by atoms with Gasteiger partial charge < -0.3 is 19.0 Å². The van der Waals surface area contributed by atoms with Crippen LogP contribution in [-0.2, 0) is 11.0 Å². The summed E-state index contributed by atoms with van der Waals surface area (Å²) in [5.74, 6) is -1.91. The molecule has 1 N–H and O–H groups in total. The molecule has 4 aromatic rings. The minimum absolute atomic E-state index is 0.0523. The van der Waals surface area contributed by atoms with Gasteiger partial charge in [0.2, 0.25) is 5.78 Å². The van der Waals surface area contributed by atoms with Crippen molar-refractivity contribution in [2.24, 2.45) is 0 Å². The van der Waals surface area contributed by atoms with E-state index in [0.29, 0.717) is 28.0 Å². The zero-order chi connectivity index (χ0) is 27.2. The largest absolute Gasteiger partial charge is 0.503 e. The van der Waals surface area contributed by atoms with E-state index in [9.17, 15) is 27.9 Å². The number of nitrogens with zero attached hydrogens (tertiary/aromatic N) is 1. The molecule has 194 valence electrons. The first-order valence-electron chi connectivity index (χ1n) is 11.3. The number of Topliss-reactive ketones (excluding diaryl/α,β-unsaturated/α-hetero) is 1. The Balaban J connectivity index is 1.65. The lowest BCUT2D eigenvalue weighted by Crippen LogP contribution is -2.31. The van der Waals surface area contributed by atoms with Crippen molar-refractivity contribution < 1.29 is 41.8 Å². The highest BCUT2D eigenvalue weighted by molar-refractivity contribution is 6.20. The van der Waals surface area contributed by atoms with Gasteiger partial charge in [0.1, 0.15) is 5.75 Å². The van der Waals surface area contributed by atoms with Gasteiger partial charge in [0.25, 0.3) is 5.91 Å². The molecule has 1 aliphatic heterocycles. The number of methoxy groups -OCH3 is 2. The van der Waals surface area contributed by atoms with E-state index in [1.165, 1.54) is 20.3 Å². The van der Waals surface area contributed by atoms with Crippen LogP contribution in [0.25, 0.3) is 11.0 Å². The maximum absolute atomic E-state index is 13.8. The van der Waals surface area contributed by atoms with Crippen molar-refractivity contribution in [2.45, 2.75) is 12.2 Å². The average molecular weight is 523 g/mol.